The van der Waals surface area contributed by atoms with Crippen LogP contribution in [-0.2, 0) is 9.47 Å². The van der Waals surface area contributed by atoms with Gasteiger partial charge in [0.05, 0.1) is 18.6 Å². The number of unbranched alkanes of at least 4 members (excludes halogenated alkanes) is 19. The molecule has 2 aliphatic heterocycles. The Balaban J connectivity index is 1.24. The summed E-state index contributed by atoms with van der Waals surface area (Å²) in [6, 6.07) is 0. The first-order valence-electron chi connectivity index (χ1n) is 16.6. The maximum atomic E-state index is 6.02. The Morgan fingerprint density at radius 2 is 1.30 bits per heavy atom. The molecule has 1 fully saturated rings. The van der Waals surface area contributed by atoms with Crippen LogP contribution in [0.5, 0.6) is 0 Å². The fourth-order valence-corrected chi connectivity index (χ4v) is 6.54. The Kier molecular flexibility index (Phi) is 22.2. The summed E-state index contributed by atoms with van der Waals surface area (Å²) in [6.07, 6.45) is 34.8. The lowest BCUT2D eigenvalue weighted by Gasteiger charge is -2.13. The van der Waals surface area contributed by atoms with E-state index in [2.05, 4.69) is 23.4 Å². The van der Waals surface area contributed by atoms with Crippen molar-refractivity contribution in [1.29, 1.82) is 0 Å². The highest BCUT2D eigenvalue weighted by Gasteiger charge is 2.24. The predicted octanol–water partition coefficient (Wildman–Crippen LogP) is 10.5. The van der Waals surface area contributed by atoms with Crippen molar-refractivity contribution in [2.45, 2.75) is 161 Å². The van der Waals surface area contributed by atoms with Gasteiger partial charge in [-0.15, -0.1) is 11.8 Å². The standard InChI is InChI=1S/C33H63NO2S/c1-2-3-4-5-6-7-8-9-10-11-12-13-14-17-20-23-32-28-33(36-29-32)30-35-26-22-19-16-15-18-21-24-34-25-27-37-31-34/h25,27,32-33H,2-24,26,28-31H2,1H3. The van der Waals surface area contributed by atoms with E-state index in [0.29, 0.717) is 6.10 Å². The number of ether oxygens (including phenoxy) is 2. The Hall–Kier alpha value is -0.190. The second kappa shape index (κ2) is 24.8. The van der Waals surface area contributed by atoms with Crippen molar-refractivity contribution in [3.8, 4) is 0 Å². The minimum atomic E-state index is 0.360. The molecule has 0 spiro atoms. The van der Waals surface area contributed by atoms with Gasteiger partial charge in [0.1, 0.15) is 0 Å². The summed E-state index contributed by atoms with van der Waals surface area (Å²) < 4.78 is 12.0. The van der Waals surface area contributed by atoms with E-state index < -0.39 is 0 Å². The van der Waals surface area contributed by atoms with Gasteiger partial charge in [0.15, 0.2) is 0 Å². The lowest BCUT2D eigenvalue weighted by molar-refractivity contribution is 0.0153. The van der Waals surface area contributed by atoms with Crippen molar-refractivity contribution >= 4 is 11.8 Å². The molecule has 0 aromatic rings. The van der Waals surface area contributed by atoms with Gasteiger partial charge < -0.3 is 14.4 Å². The van der Waals surface area contributed by atoms with Crippen molar-refractivity contribution in [3.05, 3.63) is 11.6 Å². The van der Waals surface area contributed by atoms with Crippen LogP contribution in [0.4, 0.5) is 0 Å². The zero-order valence-corrected chi connectivity index (χ0v) is 25.6. The first-order chi connectivity index (χ1) is 18.4. The maximum absolute atomic E-state index is 6.02. The SMILES string of the molecule is CCCCCCCCCCCCCCCCCC1COC(COCCCCCCCCN2C=CSC2)C1. The van der Waals surface area contributed by atoms with Crippen molar-refractivity contribution in [2.24, 2.45) is 5.92 Å². The van der Waals surface area contributed by atoms with E-state index >= 15 is 0 Å². The van der Waals surface area contributed by atoms with E-state index in [9.17, 15) is 0 Å². The second-order valence-electron chi connectivity index (χ2n) is 11.9. The summed E-state index contributed by atoms with van der Waals surface area (Å²) in [5.41, 5.74) is 0. The molecule has 2 heterocycles. The monoisotopic (exact) mass is 537 g/mol. The highest BCUT2D eigenvalue weighted by Crippen LogP contribution is 2.25. The van der Waals surface area contributed by atoms with Crippen LogP contribution in [0.2, 0.25) is 0 Å². The number of hydrogen-bond donors (Lipinski definition) is 0. The van der Waals surface area contributed by atoms with E-state index in [1.165, 1.54) is 154 Å². The first-order valence-corrected chi connectivity index (χ1v) is 17.6. The van der Waals surface area contributed by atoms with Crippen LogP contribution in [-0.4, -0.2) is 43.2 Å². The van der Waals surface area contributed by atoms with Gasteiger partial charge in [0.25, 0.3) is 0 Å². The molecule has 0 N–H and O–H groups in total. The van der Waals surface area contributed by atoms with Gasteiger partial charge in [0, 0.05) is 26.0 Å². The fourth-order valence-electron chi connectivity index (χ4n) is 5.79. The summed E-state index contributed by atoms with van der Waals surface area (Å²) in [5, 5.41) is 2.21. The molecule has 2 atom stereocenters. The third kappa shape index (κ3) is 19.5. The molecule has 0 saturated carbocycles. The number of thioether (sulfide) groups is 1. The van der Waals surface area contributed by atoms with E-state index in [1.54, 1.807) is 0 Å². The Labute approximate surface area is 236 Å². The van der Waals surface area contributed by atoms with Crippen LogP contribution in [0.25, 0.3) is 0 Å². The first kappa shape index (κ1) is 33.0. The van der Waals surface area contributed by atoms with Crippen LogP contribution < -0.4 is 0 Å². The van der Waals surface area contributed by atoms with Crippen molar-refractivity contribution < 1.29 is 9.47 Å². The highest BCUT2D eigenvalue weighted by atomic mass is 32.2. The molecule has 37 heavy (non-hydrogen) atoms. The van der Waals surface area contributed by atoms with Crippen LogP contribution in [0.3, 0.4) is 0 Å². The topological polar surface area (TPSA) is 21.7 Å². The molecule has 0 radical (unpaired) electrons. The molecule has 0 amide bonds. The molecule has 4 heteroatoms. The summed E-state index contributed by atoms with van der Waals surface area (Å²) in [6.45, 7) is 6.23. The third-order valence-corrected chi connectivity index (χ3v) is 9.07. The molecule has 2 unspecified atom stereocenters. The second-order valence-corrected chi connectivity index (χ2v) is 12.7. The van der Waals surface area contributed by atoms with E-state index in [1.807, 2.05) is 11.8 Å². The van der Waals surface area contributed by atoms with Gasteiger partial charge in [-0.05, 0) is 37.0 Å². The van der Waals surface area contributed by atoms with Crippen molar-refractivity contribution in [3.63, 3.8) is 0 Å². The molecular formula is C33H63NO2S. The zero-order valence-electron chi connectivity index (χ0n) is 24.8. The molecule has 218 valence electrons. The molecule has 2 aliphatic rings. The van der Waals surface area contributed by atoms with Crippen LogP contribution >= 0.6 is 11.8 Å². The summed E-state index contributed by atoms with van der Waals surface area (Å²) in [5.74, 6) is 1.94. The smallest absolute Gasteiger partial charge is 0.0812 e. The molecular weight excluding hydrogens is 474 g/mol. The molecule has 0 aliphatic carbocycles. The van der Waals surface area contributed by atoms with Crippen molar-refractivity contribution in [2.75, 3.05) is 32.2 Å². The fraction of sp³-hybridized carbons (Fsp3) is 0.939. The Morgan fingerprint density at radius 1 is 0.730 bits per heavy atom. The predicted molar refractivity (Wildman–Crippen MR) is 164 cm³/mol. The summed E-state index contributed by atoms with van der Waals surface area (Å²) in [7, 11) is 0. The minimum Gasteiger partial charge on any atom is -0.379 e. The average molecular weight is 538 g/mol. The van der Waals surface area contributed by atoms with Gasteiger partial charge in [-0.1, -0.05) is 129 Å². The molecule has 1 saturated heterocycles. The molecule has 3 nitrogen and oxygen atoms in total. The van der Waals surface area contributed by atoms with Crippen LogP contribution in [0.1, 0.15) is 155 Å². The minimum absolute atomic E-state index is 0.360. The summed E-state index contributed by atoms with van der Waals surface area (Å²) >= 11 is 1.90. The van der Waals surface area contributed by atoms with Gasteiger partial charge >= 0.3 is 0 Å². The van der Waals surface area contributed by atoms with Gasteiger partial charge in [-0.25, -0.2) is 0 Å². The Bertz CT molecular complexity index is 515. The number of rotatable bonds is 27. The van der Waals surface area contributed by atoms with Crippen LogP contribution in [0.15, 0.2) is 11.6 Å². The Morgan fingerprint density at radius 3 is 1.89 bits per heavy atom. The molecule has 2 rings (SSSR count). The number of hydrogen-bond acceptors (Lipinski definition) is 4. The number of nitrogens with zero attached hydrogens (tertiary/aromatic N) is 1. The lowest BCUT2D eigenvalue weighted by Crippen LogP contribution is -2.15. The normalized spacial score (nSPS) is 19.4. The average Bonchev–Trinajstić information content (AvgIpc) is 3.60. The van der Waals surface area contributed by atoms with Crippen LogP contribution in [0, 0.1) is 5.92 Å². The van der Waals surface area contributed by atoms with E-state index in [4.69, 9.17) is 9.47 Å². The molecule has 0 aromatic heterocycles. The third-order valence-electron chi connectivity index (χ3n) is 8.28. The van der Waals surface area contributed by atoms with E-state index in [0.717, 1.165) is 31.6 Å². The zero-order chi connectivity index (χ0) is 26.1. The maximum Gasteiger partial charge on any atom is 0.0812 e. The largest absolute Gasteiger partial charge is 0.379 e. The quantitative estimate of drug-likeness (QED) is 0.0971. The molecule has 0 aromatic carbocycles. The van der Waals surface area contributed by atoms with E-state index in [-0.39, 0.29) is 0 Å². The van der Waals surface area contributed by atoms with Crippen molar-refractivity contribution in [1.82, 2.24) is 4.90 Å². The highest BCUT2D eigenvalue weighted by molar-refractivity contribution is 8.02. The van der Waals surface area contributed by atoms with Gasteiger partial charge in [-0.3, -0.25) is 0 Å². The lowest BCUT2D eigenvalue weighted by atomic mass is 9.97. The summed E-state index contributed by atoms with van der Waals surface area (Å²) in [4.78, 5) is 2.43. The van der Waals surface area contributed by atoms with Gasteiger partial charge in [-0.2, -0.15) is 0 Å². The molecule has 0 bridgehead atoms. The van der Waals surface area contributed by atoms with Gasteiger partial charge in [0.2, 0.25) is 0 Å².